The summed E-state index contributed by atoms with van der Waals surface area (Å²) in [5, 5.41) is 8.18. The van der Waals surface area contributed by atoms with Gasteiger partial charge >= 0.3 is 5.97 Å². The molecule has 0 fully saturated rings. The van der Waals surface area contributed by atoms with Gasteiger partial charge in [-0.3, -0.25) is 0 Å². The molecule has 0 bridgehead atoms. The number of aryl methyl sites for hydroxylation is 2. The molecular weight excluding hydrogens is 415 g/mol. The van der Waals surface area contributed by atoms with Crippen molar-refractivity contribution in [2.24, 2.45) is 0 Å². The van der Waals surface area contributed by atoms with E-state index in [1.165, 1.54) is 34.4 Å². The first-order chi connectivity index (χ1) is 15.3. The van der Waals surface area contributed by atoms with Crippen molar-refractivity contribution in [3.8, 4) is 11.8 Å². The number of halogens is 1. The van der Waals surface area contributed by atoms with Crippen LogP contribution in [0.5, 0.6) is 5.88 Å². The van der Waals surface area contributed by atoms with Gasteiger partial charge in [0.2, 0.25) is 5.88 Å². The molecule has 3 aromatic heterocycles. The fourth-order valence-electron chi connectivity index (χ4n) is 3.41. The minimum Gasteiger partial charge on any atom is -0.479 e. The summed E-state index contributed by atoms with van der Waals surface area (Å²) in [4.78, 5) is 20.6. The lowest BCUT2D eigenvalue weighted by Gasteiger charge is -2.16. The highest BCUT2D eigenvalue weighted by Crippen LogP contribution is 2.30. The van der Waals surface area contributed by atoms with Crippen LogP contribution in [0.3, 0.4) is 0 Å². The van der Waals surface area contributed by atoms with Crippen LogP contribution in [0.25, 0.3) is 17.0 Å². The van der Waals surface area contributed by atoms with Crippen molar-refractivity contribution in [1.29, 1.82) is 0 Å². The molecule has 3 heterocycles. The SMILES string of the molecule is CCOC(=O)c1cnn(-c2nc(OC)c3c(n2)c(F)nn3[C@@H](C)c2ccc(C)c(C)c2)c1. The Labute approximate surface area is 183 Å². The molecule has 0 radical (unpaired) electrons. The molecule has 4 rings (SSSR count). The summed E-state index contributed by atoms with van der Waals surface area (Å²) in [6.07, 6.45) is 2.75. The lowest BCUT2D eigenvalue weighted by Crippen LogP contribution is -2.11. The molecular formula is C22H23FN6O3. The van der Waals surface area contributed by atoms with Crippen molar-refractivity contribution in [3.05, 3.63) is 58.8 Å². The standard InChI is InChI=1S/C22H23FN6O3/c1-6-32-21(30)16-10-24-28(11-16)22-25-17-18(20(26-22)31-5)29(27-19(17)23)14(4)15-8-7-12(2)13(3)9-15/h7-11,14H,6H2,1-5H3/t14-/m0/s1. The molecule has 0 N–H and O–H groups in total. The van der Waals surface area contributed by atoms with Crippen molar-refractivity contribution in [1.82, 2.24) is 29.5 Å². The van der Waals surface area contributed by atoms with Crippen LogP contribution in [-0.4, -0.2) is 49.2 Å². The number of hydrogen-bond donors (Lipinski definition) is 0. The fourth-order valence-corrected chi connectivity index (χ4v) is 3.41. The Morgan fingerprint density at radius 2 is 2.00 bits per heavy atom. The normalized spacial score (nSPS) is 12.2. The summed E-state index contributed by atoms with van der Waals surface area (Å²) in [5.41, 5.74) is 3.83. The topological polar surface area (TPSA) is 96.9 Å². The van der Waals surface area contributed by atoms with E-state index in [1.807, 2.05) is 39.0 Å². The summed E-state index contributed by atoms with van der Waals surface area (Å²) in [6.45, 7) is 7.93. The van der Waals surface area contributed by atoms with Crippen molar-refractivity contribution in [2.75, 3.05) is 13.7 Å². The van der Waals surface area contributed by atoms with E-state index in [0.29, 0.717) is 5.52 Å². The minimum absolute atomic E-state index is 0.00396. The number of nitrogens with zero attached hydrogens (tertiary/aromatic N) is 6. The quantitative estimate of drug-likeness (QED) is 0.425. The molecule has 1 aromatic carbocycles. The summed E-state index contributed by atoms with van der Waals surface area (Å²) >= 11 is 0. The Balaban J connectivity index is 1.80. The number of esters is 1. The van der Waals surface area contributed by atoms with E-state index in [4.69, 9.17) is 9.47 Å². The van der Waals surface area contributed by atoms with E-state index >= 15 is 0 Å². The summed E-state index contributed by atoms with van der Waals surface area (Å²) < 4.78 is 28.1. The number of carbonyl (C=O) groups is 1. The predicted octanol–water partition coefficient (Wildman–Crippen LogP) is 3.56. The highest BCUT2D eigenvalue weighted by molar-refractivity contribution is 5.88. The Morgan fingerprint density at radius 1 is 1.22 bits per heavy atom. The maximum Gasteiger partial charge on any atom is 0.341 e. The molecule has 4 aromatic rings. The van der Waals surface area contributed by atoms with Crippen LogP contribution in [0.1, 0.15) is 46.9 Å². The molecule has 0 amide bonds. The molecule has 0 saturated carbocycles. The largest absolute Gasteiger partial charge is 0.479 e. The van der Waals surface area contributed by atoms with Gasteiger partial charge in [0, 0.05) is 6.20 Å². The Morgan fingerprint density at radius 3 is 2.69 bits per heavy atom. The number of rotatable bonds is 6. The average molecular weight is 438 g/mol. The molecule has 166 valence electrons. The van der Waals surface area contributed by atoms with E-state index in [1.54, 1.807) is 6.92 Å². The van der Waals surface area contributed by atoms with Crippen LogP contribution in [0, 0.1) is 19.8 Å². The van der Waals surface area contributed by atoms with Crippen molar-refractivity contribution in [3.63, 3.8) is 0 Å². The first kappa shape index (κ1) is 21.4. The van der Waals surface area contributed by atoms with Gasteiger partial charge in [-0.2, -0.15) is 14.5 Å². The van der Waals surface area contributed by atoms with E-state index < -0.39 is 11.9 Å². The monoisotopic (exact) mass is 438 g/mol. The highest BCUT2D eigenvalue weighted by atomic mass is 19.1. The third-order valence-electron chi connectivity index (χ3n) is 5.33. The van der Waals surface area contributed by atoms with Crippen LogP contribution < -0.4 is 4.74 Å². The number of hydrogen-bond acceptors (Lipinski definition) is 7. The van der Waals surface area contributed by atoms with Crippen molar-refractivity contribution >= 4 is 17.0 Å². The van der Waals surface area contributed by atoms with Gasteiger partial charge < -0.3 is 9.47 Å². The van der Waals surface area contributed by atoms with Crippen LogP contribution in [-0.2, 0) is 4.74 Å². The second-order valence-electron chi connectivity index (χ2n) is 7.38. The summed E-state index contributed by atoms with van der Waals surface area (Å²) in [6, 6.07) is 5.77. The molecule has 1 atom stereocenters. The van der Waals surface area contributed by atoms with Crippen LogP contribution in [0.4, 0.5) is 4.39 Å². The van der Waals surface area contributed by atoms with Crippen LogP contribution >= 0.6 is 0 Å². The van der Waals surface area contributed by atoms with Gasteiger partial charge in [-0.1, -0.05) is 18.2 Å². The number of methoxy groups -OCH3 is 1. The maximum absolute atomic E-state index is 14.9. The van der Waals surface area contributed by atoms with Gasteiger partial charge in [0.1, 0.15) is 0 Å². The molecule has 0 unspecified atom stereocenters. The van der Waals surface area contributed by atoms with Gasteiger partial charge in [-0.15, -0.1) is 5.10 Å². The Kier molecular flexibility index (Phi) is 5.60. The highest BCUT2D eigenvalue weighted by Gasteiger charge is 2.24. The van der Waals surface area contributed by atoms with Crippen molar-refractivity contribution in [2.45, 2.75) is 33.7 Å². The smallest absolute Gasteiger partial charge is 0.341 e. The van der Waals surface area contributed by atoms with Crippen LogP contribution in [0.15, 0.2) is 30.6 Å². The lowest BCUT2D eigenvalue weighted by molar-refractivity contribution is 0.0526. The maximum atomic E-state index is 14.9. The lowest BCUT2D eigenvalue weighted by atomic mass is 10.0. The van der Waals surface area contributed by atoms with Crippen LogP contribution in [0.2, 0.25) is 0 Å². The second kappa shape index (κ2) is 8.37. The number of ether oxygens (including phenoxy) is 2. The zero-order chi connectivity index (χ0) is 23.0. The van der Waals surface area contributed by atoms with Gasteiger partial charge in [-0.05, 0) is 44.4 Å². The zero-order valence-corrected chi connectivity index (χ0v) is 18.5. The molecule has 0 saturated heterocycles. The number of carbonyl (C=O) groups excluding carboxylic acids is 1. The number of benzene rings is 1. The van der Waals surface area contributed by atoms with E-state index in [0.717, 1.165) is 11.1 Å². The van der Waals surface area contributed by atoms with E-state index in [-0.39, 0.29) is 35.6 Å². The molecule has 0 spiro atoms. The Bertz CT molecular complexity index is 1310. The zero-order valence-electron chi connectivity index (χ0n) is 18.5. The number of fused-ring (bicyclic) bond motifs is 1. The van der Waals surface area contributed by atoms with E-state index in [9.17, 15) is 9.18 Å². The third-order valence-corrected chi connectivity index (χ3v) is 5.33. The van der Waals surface area contributed by atoms with Gasteiger partial charge in [-0.25, -0.2) is 19.1 Å². The Hall–Kier alpha value is -3.82. The van der Waals surface area contributed by atoms with Gasteiger partial charge in [0.05, 0.1) is 31.5 Å². The summed E-state index contributed by atoms with van der Waals surface area (Å²) in [7, 11) is 1.44. The molecule has 32 heavy (non-hydrogen) atoms. The molecule has 9 nitrogen and oxygen atoms in total. The fraction of sp³-hybridized carbons (Fsp3) is 0.318. The average Bonchev–Trinajstić information content (AvgIpc) is 3.40. The van der Waals surface area contributed by atoms with Crippen molar-refractivity contribution < 1.29 is 18.7 Å². The first-order valence-electron chi connectivity index (χ1n) is 10.1. The molecule has 0 aliphatic carbocycles. The first-order valence-corrected chi connectivity index (χ1v) is 10.1. The third kappa shape index (κ3) is 3.68. The summed E-state index contributed by atoms with van der Waals surface area (Å²) in [5.74, 6) is -1.09. The molecule has 10 heteroatoms. The number of aromatic nitrogens is 6. The molecule has 0 aliphatic heterocycles. The molecule has 0 aliphatic rings. The van der Waals surface area contributed by atoms with E-state index in [2.05, 4.69) is 20.2 Å². The minimum atomic E-state index is -0.754. The van der Waals surface area contributed by atoms with Gasteiger partial charge in [0.25, 0.3) is 11.9 Å². The predicted molar refractivity (Wildman–Crippen MR) is 115 cm³/mol. The second-order valence-corrected chi connectivity index (χ2v) is 7.38. The van der Waals surface area contributed by atoms with Gasteiger partial charge in [0.15, 0.2) is 11.0 Å².